The van der Waals surface area contributed by atoms with Crippen molar-refractivity contribution in [2.24, 2.45) is 11.8 Å². The van der Waals surface area contributed by atoms with Gasteiger partial charge in [0.2, 0.25) is 5.91 Å². The van der Waals surface area contributed by atoms with Crippen molar-refractivity contribution in [3.05, 3.63) is 35.9 Å². The molecule has 5 heteroatoms. The molecule has 0 bridgehead atoms. The zero-order valence-corrected chi connectivity index (χ0v) is 14.8. The van der Waals surface area contributed by atoms with Crippen molar-refractivity contribution in [1.82, 2.24) is 15.5 Å². The second-order valence-electron chi connectivity index (χ2n) is 6.84. The average molecular weight is 331 g/mol. The first kappa shape index (κ1) is 18.3. The average Bonchev–Trinajstić information content (AvgIpc) is 2.54. The van der Waals surface area contributed by atoms with Crippen molar-refractivity contribution in [2.75, 3.05) is 19.6 Å². The van der Waals surface area contributed by atoms with E-state index in [2.05, 4.69) is 10.6 Å². The van der Waals surface area contributed by atoms with Gasteiger partial charge in [-0.1, -0.05) is 50.6 Å². The molecule has 0 heterocycles. The highest BCUT2D eigenvalue weighted by atomic mass is 16.2. The first-order chi connectivity index (χ1) is 11.6. The molecule has 0 saturated heterocycles. The molecular formula is C19H29N3O2. The maximum absolute atomic E-state index is 12.5. The zero-order valence-electron chi connectivity index (χ0n) is 14.8. The monoisotopic (exact) mass is 331 g/mol. The Morgan fingerprint density at radius 1 is 1.12 bits per heavy atom. The molecule has 0 unspecified atom stereocenters. The van der Waals surface area contributed by atoms with Crippen LogP contribution in [0.3, 0.4) is 0 Å². The van der Waals surface area contributed by atoms with Gasteiger partial charge in [0.15, 0.2) is 0 Å². The number of amides is 3. The highest BCUT2D eigenvalue weighted by Gasteiger charge is 2.23. The summed E-state index contributed by atoms with van der Waals surface area (Å²) in [6, 6.07) is 10.0. The van der Waals surface area contributed by atoms with Crippen molar-refractivity contribution in [1.29, 1.82) is 0 Å². The summed E-state index contributed by atoms with van der Waals surface area (Å²) in [4.78, 5) is 25.9. The molecule has 0 spiro atoms. The Kier molecular flexibility index (Phi) is 7.09. The van der Waals surface area contributed by atoms with Crippen LogP contribution in [0.4, 0.5) is 4.79 Å². The van der Waals surface area contributed by atoms with Crippen LogP contribution >= 0.6 is 0 Å². The topological polar surface area (TPSA) is 61.4 Å². The van der Waals surface area contributed by atoms with Crippen molar-refractivity contribution >= 4 is 11.9 Å². The molecule has 5 nitrogen and oxygen atoms in total. The van der Waals surface area contributed by atoms with E-state index in [1.54, 1.807) is 0 Å². The second-order valence-corrected chi connectivity index (χ2v) is 6.84. The van der Waals surface area contributed by atoms with Crippen LogP contribution in [0.15, 0.2) is 30.3 Å². The Labute approximate surface area is 144 Å². The van der Waals surface area contributed by atoms with Crippen LogP contribution in [0, 0.1) is 11.8 Å². The second kappa shape index (κ2) is 9.30. The van der Waals surface area contributed by atoms with Gasteiger partial charge in [0.1, 0.15) is 0 Å². The minimum atomic E-state index is -0.0513. The largest absolute Gasteiger partial charge is 0.354 e. The van der Waals surface area contributed by atoms with Crippen LogP contribution in [-0.2, 0) is 11.3 Å². The number of rotatable bonds is 8. The number of carbonyl (C=O) groups is 2. The lowest BCUT2D eigenvalue weighted by Gasteiger charge is -2.32. The summed E-state index contributed by atoms with van der Waals surface area (Å²) in [5, 5.41) is 5.74. The lowest BCUT2D eigenvalue weighted by atomic mass is 9.85. The molecule has 3 amide bonds. The van der Waals surface area contributed by atoms with E-state index in [-0.39, 0.29) is 17.9 Å². The van der Waals surface area contributed by atoms with E-state index >= 15 is 0 Å². The van der Waals surface area contributed by atoms with Gasteiger partial charge in [0.05, 0.1) is 0 Å². The molecule has 2 rings (SSSR count). The van der Waals surface area contributed by atoms with E-state index in [1.807, 2.05) is 49.1 Å². The van der Waals surface area contributed by atoms with E-state index in [0.29, 0.717) is 25.6 Å². The summed E-state index contributed by atoms with van der Waals surface area (Å²) in [5.74, 6) is 0.605. The van der Waals surface area contributed by atoms with Crippen molar-refractivity contribution in [3.63, 3.8) is 0 Å². The number of carbonyl (C=O) groups excluding carboxylic acids is 2. The molecule has 24 heavy (non-hydrogen) atoms. The fourth-order valence-corrected chi connectivity index (χ4v) is 2.68. The smallest absolute Gasteiger partial charge is 0.317 e. The van der Waals surface area contributed by atoms with Gasteiger partial charge in [-0.3, -0.25) is 4.79 Å². The molecule has 1 fully saturated rings. The Balaban J connectivity index is 1.81. The molecule has 132 valence electrons. The third-order valence-corrected chi connectivity index (χ3v) is 4.43. The van der Waals surface area contributed by atoms with Crippen LogP contribution in [0.5, 0.6) is 0 Å². The highest BCUT2D eigenvalue weighted by Crippen LogP contribution is 2.27. The van der Waals surface area contributed by atoms with E-state index in [0.717, 1.165) is 12.1 Å². The number of urea groups is 1. The SMILES string of the molecule is CC(C)C(=O)NCCNC(=O)N(Cc1ccccc1)CC1CCC1. The summed E-state index contributed by atoms with van der Waals surface area (Å²) >= 11 is 0. The number of nitrogens with zero attached hydrogens (tertiary/aromatic N) is 1. The Bertz CT molecular complexity index is 527. The third-order valence-electron chi connectivity index (χ3n) is 4.43. The summed E-state index contributed by atoms with van der Waals surface area (Å²) < 4.78 is 0. The van der Waals surface area contributed by atoms with Gasteiger partial charge >= 0.3 is 6.03 Å². The Hall–Kier alpha value is -2.04. The van der Waals surface area contributed by atoms with E-state index in [4.69, 9.17) is 0 Å². The van der Waals surface area contributed by atoms with E-state index < -0.39 is 0 Å². The Morgan fingerprint density at radius 2 is 1.79 bits per heavy atom. The molecule has 2 N–H and O–H groups in total. The number of nitrogens with one attached hydrogen (secondary N) is 2. The van der Waals surface area contributed by atoms with Crippen LogP contribution in [-0.4, -0.2) is 36.5 Å². The molecule has 1 saturated carbocycles. The molecule has 1 aromatic carbocycles. The standard InChI is InChI=1S/C19H29N3O2/c1-15(2)18(23)20-11-12-21-19(24)22(14-17-9-6-10-17)13-16-7-4-3-5-8-16/h3-5,7-8,15,17H,6,9-14H2,1-2H3,(H,20,23)(H,21,24). The van der Waals surface area contributed by atoms with Crippen molar-refractivity contribution in [3.8, 4) is 0 Å². The minimum absolute atomic E-state index is 0.0138. The summed E-state index contributed by atoms with van der Waals surface area (Å²) in [7, 11) is 0. The van der Waals surface area contributed by atoms with Gasteiger partial charge in [-0.25, -0.2) is 4.79 Å². The van der Waals surface area contributed by atoms with Gasteiger partial charge in [0.25, 0.3) is 0 Å². The molecule has 0 radical (unpaired) electrons. The van der Waals surface area contributed by atoms with Gasteiger partial charge < -0.3 is 15.5 Å². The Morgan fingerprint density at radius 3 is 2.38 bits per heavy atom. The van der Waals surface area contributed by atoms with Crippen LogP contribution in [0.2, 0.25) is 0 Å². The van der Waals surface area contributed by atoms with Crippen LogP contribution in [0.25, 0.3) is 0 Å². The maximum Gasteiger partial charge on any atom is 0.317 e. The highest BCUT2D eigenvalue weighted by molar-refractivity contribution is 5.78. The van der Waals surface area contributed by atoms with Crippen molar-refractivity contribution < 1.29 is 9.59 Å². The first-order valence-corrected chi connectivity index (χ1v) is 8.90. The minimum Gasteiger partial charge on any atom is -0.354 e. The molecule has 0 aliphatic heterocycles. The normalized spacial score (nSPS) is 14.1. The van der Waals surface area contributed by atoms with E-state index in [1.165, 1.54) is 19.3 Å². The van der Waals surface area contributed by atoms with E-state index in [9.17, 15) is 9.59 Å². The predicted octanol–water partition coefficient (Wildman–Crippen LogP) is 2.77. The summed E-state index contributed by atoms with van der Waals surface area (Å²) in [6.07, 6.45) is 3.69. The maximum atomic E-state index is 12.5. The molecule has 1 aliphatic carbocycles. The zero-order chi connectivity index (χ0) is 17.4. The van der Waals surface area contributed by atoms with Crippen molar-refractivity contribution in [2.45, 2.75) is 39.7 Å². The van der Waals surface area contributed by atoms with Gasteiger partial charge in [-0.15, -0.1) is 0 Å². The van der Waals surface area contributed by atoms with Crippen LogP contribution in [0.1, 0.15) is 38.7 Å². The number of hydrogen-bond acceptors (Lipinski definition) is 2. The quantitative estimate of drug-likeness (QED) is 0.720. The van der Waals surface area contributed by atoms with Gasteiger partial charge in [0, 0.05) is 32.1 Å². The van der Waals surface area contributed by atoms with Gasteiger partial charge in [-0.05, 0) is 24.3 Å². The summed E-state index contributed by atoms with van der Waals surface area (Å²) in [6.45, 7) is 6.06. The lowest BCUT2D eigenvalue weighted by Crippen LogP contribution is -2.45. The third kappa shape index (κ3) is 5.87. The molecule has 0 atom stereocenters. The molecule has 1 aromatic rings. The fourth-order valence-electron chi connectivity index (χ4n) is 2.68. The van der Waals surface area contributed by atoms with Gasteiger partial charge in [-0.2, -0.15) is 0 Å². The van der Waals surface area contributed by atoms with Crippen LogP contribution < -0.4 is 10.6 Å². The lowest BCUT2D eigenvalue weighted by molar-refractivity contribution is -0.123. The fraction of sp³-hybridized carbons (Fsp3) is 0.579. The predicted molar refractivity (Wildman–Crippen MR) is 95.4 cm³/mol. The molecule has 1 aliphatic rings. The first-order valence-electron chi connectivity index (χ1n) is 8.90. The number of hydrogen-bond donors (Lipinski definition) is 2. The number of benzene rings is 1. The summed E-state index contributed by atoms with van der Waals surface area (Å²) in [5.41, 5.74) is 1.14. The molecule has 0 aromatic heterocycles. The molecular weight excluding hydrogens is 302 g/mol.